The second kappa shape index (κ2) is 7.94. The molecule has 0 unspecified atom stereocenters. The van der Waals surface area contributed by atoms with E-state index in [-0.39, 0.29) is 0 Å². The SMILES string of the molecule is CC#Cc1ccc(C#Cc2ccc(C#CCC)cc2)c(C)c1C. The Balaban J connectivity index is 2.28. The summed E-state index contributed by atoms with van der Waals surface area (Å²) in [7, 11) is 0. The molecule has 2 aromatic carbocycles. The molecule has 112 valence electrons. The van der Waals surface area contributed by atoms with Gasteiger partial charge in [-0.1, -0.05) is 36.5 Å². The summed E-state index contributed by atoms with van der Waals surface area (Å²) in [6.45, 7) is 8.11. The minimum Gasteiger partial charge on any atom is -0.101 e. The van der Waals surface area contributed by atoms with Crippen LogP contribution in [0.15, 0.2) is 36.4 Å². The lowest BCUT2D eigenvalue weighted by molar-refractivity contribution is 1.28. The van der Waals surface area contributed by atoms with E-state index in [0.717, 1.165) is 28.7 Å². The molecule has 0 N–H and O–H groups in total. The van der Waals surface area contributed by atoms with Gasteiger partial charge in [-0.05, 0) is 68.3 Å². The van der Waals surface area contributed by atoms with Crippen molar-refractivity contribution in [3.05, 3.63) is 69.8 Å². The zero-order chi connectivity index (χ0) is 16.7. The maximum absolute atomic E-state index is 3.27. The Morgan fingerprint density at radius 2 is 1.22 bits per heavy atom. The predicted molar refractivity (Wildman–Crippen MR) is 98.1 cm³/mol. The van der Waals surface area contributed by atoms with Gasteiger partial charge in [0.1, 0.15) is 0 Å². The van der Waals surface area contributed by atoms with Gasteiger partial charge in [-0.3, -0.25) is 0 Å². The normalized spacial score (nSPS) is 8.87. The number of hydrogen-bond donors (Lipinski definition) is 0. The fourth-order valence-electron chi connectivity index (χ4n) is 2.19. The molecule has 0 heteroatoms. The molecule has 0 amide bonds. The lowest BCUT2D eigenvalue weighted by Gasteiger charge is -2.05. The second-order valence-corrected chi connectivity index (χ2v) is 5.27. The van der Waals surface area contributed by atoms with Gasteiger partial charge in [0.05, 0.1) is 0 Å². The first-order valence-electron chi connectivity index (χ1n) is 7.79. The monoisotopic (exact) mass is 296 g/mol. The Morgan fingerprint density at radius 1 is 0.696 bits per heavy atom. The van der Waals surface area contributed by atoms with E-state index in [4.69, 9.17) is 0 Å². The molecular weight excluding hydrogens is 276 g/mol. The van der Waals surface area contributed by atoms with Crippen molar-refractivity contribution < 1.29 is 0 Å². The van der Waals surface area contributed by atoms with Crippen molar-refractivity contribution in [2.24, 2.45) is 0 Å². The van der Waals surface area contributed by atoms with E-state index >= 15 is 0 Å². The summed E-state index contributed by atoms with van der Waals surface area (Å²) >= 11 is 0. The molecule has 0 aromatic heterocycles. The van der Waals surface area contributed by atoms with Gasteiger partial charge < -0.3 is 0 Å². The summed E-state index contributed by atoms with van der Waals surface area (Å²) in [5.74, 6) is 18.8. The van der Waals surface area contributed by atoms with E-state index in [1.165, 1.54) is 11.1 Å². The topological polar surface area (TPSA) is 0 Å². The second-order valence-electron chi connectivity index (χ2n) is 5.27. The van der Waals surface area contributed by atoms with E-state index in [2.05, 4.69) is 62.4 Å². The van der Waals surface area contributed by atoms with Gasteiger partial charge in [-0.25, -0.2) is 0 Å². The molecule has 0 radical (unpaired) electrons. The average molecular weight is 296 g/mol. The van der Waals surface area contributed by atoms with Crippen LogP contribution in [0.4, 0.5) is 0 Å². The smallest absolute Gasteiger partial charge is 0.0281 e. The summed E-state index contributed by atoms with van der Waals surface area (Å²) in [4.78, 5) is 0. The molecule has 23 heavy (non-hydrogen) atoms. The molecule has 2 rings (SSSR count). The third-order valence-electron chi connectivity index (χ3n) is 3.68. The van der Waals surface area contributed by atoms with E-state index in [1.54, 1.807) is 0 Å². The molecule has 0 aliphatic carbocycles. The van der Waals surface area contributed by atoms with Crippen LogP contribution in [0.25, 0.3) is 0 Å². The number of hydrogen-bond acceptors (Lipinski definition) is 0. The minimum absolute atomic E-state index is 0.874. The summed E-state index contributed by atoms with van der Waals surface area (Å²) in [6, 6.07) is 12.2. The lowest BCUT2D eigenvalue weighted by Crippen LogP contribution is -1.91. The summed E-state index contributed by atoms with van der Waals surface area (Å²) < 4.78 is 0. The summed E-state index contributed by atoms with van der Waals surface area (Å²) in [5, 5.41) is 0. The van der Waals surface area contributed by atoms with Crippen molar-refractivity contribution in [2.75, 3.05) is 0 Å². The van der Waals surface area contributed by atoms with Crippen LogP contribution in [0.5, 0.6) is 0 Å². The molecular formula is C23H20. The molecule has 0 bridgehead atoms. The molecule has 0 saturated heterocycles. The third kappa shape index (κ3) is 4.30. The van der Waals surface area contributed by atoms with E-state index in [9.17, 15) is 0 Å². The Hall–Kier alpha value is -2.88. The molecule has 0 atom stereocenters. The standard InChI is InChI=1S/C23H20/c1-5-7-9-20-10-12-21(13-11-20)14-15-23-17-16-22(8-6-2)18(3)19(23)4/h10-13,16-17H,5H2,1-4H3. The number of rotatable bonds is 0. The van der Waals surface area contributed by atoms with Crippen molar-refractivity contribution in [3.63, 3.8) is 0 Å². The number of benzene rings is 2. The molecule has 2 aromatic rings. The highest BCUT2D eigenvalue weighted by Crippen LogP contribution is 2.16. The first-order chi connectivity index (χ1) is 11.2. The van der Waals surface area contributed by atoms with Crippen LogP contribution in [0.2, 0.25) is 0 Å². The van der Waals surface area contributed by atoms with Crippen LogP contribution < -0.4 is 0 Å². The maximum atomic E-state index is 3.27. The minimum atomic E-state index is 0.874. The molecule has 0 nitrogen and oxygen atoms in total. The summed E-state index contributed by atoms with van der Waals surface area (Å²) in [6.07, 6.45) is 0.874. The van der Waals surface area contributed by atoms with Gasteiger partial charge in [-0.15, -0.1) is 5.92 Å². The van der Waals surface area contributed by atoms with Gasteiger partial charge in [-0.2, -0.15) is 0 Å². The van der Waals surface area contributed by atoms with Gasteiger partial charge in [0.15, 0.2) is 0 Å². The molecule has 0 aliphatic rings. The zero-order valence-corrected chi connectivity index (χ0v) is 14.2. The Morgan fingerprint density at radius 3 is 1.74 bits per heavy atom. The third-order valence-corrected chi connectivity index (χ3v) is 3.68. The van der Waals surface area contributed by atoms with Crippen molar-refractivity contribution in [3.8, 4) is 35.5 Å². The van der Waals surface area contributed by atoms with Gasteiger partial charge in [0.2, 0.25) is 0 Å². The van der Waals surface area contributed by atoms with Crippen LogP contribution in [0, 0.1) is 49.4 Å². The van der Waals surface area contributed by atoms with Crippen molar-refractivity contribution in [2.45, 2.75) is 34.1 Å². The van der Waals surface area contributed by atoms with Crippen LogP contribution >= 0.6 is 0 Å². The van der Waals surface area contributed by atoms with Crippen LogP contribution in [0.3, 0.4) is 0 Å². The lowest BCUT2D eigenvalue weighted by atomic mass is 9.98. The fraction of sp³-hybridized carbons (Fsp3) is 0.217. The highest BCUT2D eigenvalue weighted by atomic mass is 14.1. The highest BCUT2D eigenvalue weighted by Gasteiger charge is 2.02. The fourth-order valence-corrected chi connectivity index (χ4v) is 2.19. The molecule has 0 heterocycles. The van der Waals surface area contributed by atoms with Gasteiger partial charge in [0, 0.05) is 28.7 Å². The Kier molecular flexibility index (Phi) is 5.69. The predicted octanol–water partition coefficient (Wildman–Crippen LogP) is 4.84. The zero-order valence-electron chi connectivity index (χ0n) is 14.2. The molecule has 0 aliphatic heterocycles. The molecule has 0 fully saturated rings. The maximum Gasteiger partial charge on any atom is 0.0281 e. The Bertz CT molecular complexity index is 877. The quantitative estimate of drug-likeness (QED) is 0.610. The van der Waals surface area contributed by atoms with E-state index in [0.29, 0.717) is 0 Å². The van der Waals surface area contributed by atoms with Crippen LogP contribution in [-0.4, -0.2) is 0 Å². The average Bonchev–Trinajstić information content (AvgIpc) is 2.57. The first kappa shape index (κ1) is 16.5. The largest absolute Gasteiger partial charge is 0.101 e. The molecule has 0 spiro atoms. The van der Waals surface area contributed by atoms with E-state index in [1.807, 2.05) is 37.3 Å². The van der Waals surface area contributed by atoms with Crippen molar-refractivity contribution in [1.29, 1.82) is 0 Å². The van der Waals surface area contributed by atoms with Gasteiger partial charge in [0.25, 0.3) is 0 Å². The Labute approximate surface area is 140 Å². The van der Waals surface area contributed by atoms with Crippen LogP contribution in [-0.2, 0) is 0 Å². The van der Waals surface area contributed by atoms with Crippen molar-refractivity contribution >= 4 is 0 Å². The first-order valence-corrected chi connectivity index (χ1v) is 7.79. The molecule has 0 saturated carbocycles. The highest BCUT2D eigenvalue weighted by molar-refractivity contribution is 5.54. The van der Waals surface area contributed by atoms with E-state index < -0.39 is 0 Å². The van der Waals surface area contributed by atoms with Gasteiger partial charge >= 0.3 is 0 Å². The van der Waals surface area contributed by atoms with Crippen LogP contribution in [0.1, 0.15) is 53.6 Å². The summed E-state index contributed by atoms with van der Waals surface area (Å²) in [5.41, 5.74) is 6.57. The van der Waals surface area contributed by atoms with Crippen molar-refractivity contribution in [1.82, 2.24) is 0 Å².